The smallest absolute Gasteiger partial charge is 0.171 e. The molecule has 0 aliphatic heterocycles. The molecular formula is C39H24NO3P. The van der Waals surface area contributed by atoms with Crippen LogP contribution in [-0.2, 0) is 4.57 Å². The summed E-state index contributed by atoms with van der Waals surface area (Å²) in [5.41, 5.74) is 5.60. The molecule has 0 N–H and O–H groups in total. The highest BCUT2D eigenvalue weighted by molar-refractivity contribution is 7.85. The number of pyridine rings is 1. The molecule has 0 atom stereocenters. The van der Waals surface area contributed by atoms with Gasteiger partial charge < -0.3 is 13.4 Å². The van der Waals surface area contributed by atoms with E-state index >= 15 is 0 Å². The minimum atomic E-state index is -3.11. The molecule has 208 valence electrons. The van der Waals surface area contributed by atoms with Crippen LogP contribution in [0, 0.1) is 0 Å². The normalized spacial score (nSPS) is 12.2. The van der Waals surface area contributed by atoms with Crippen molar-refractivity contribution in [3.8, 4) is 11.3 Å². The second-order valence-electron chi connectivity index (χ2n) is 11.0. The second-order valence-corrected chi connectivity index (χ2v) is 13.8. The molecule has 3 aromatic heterocycles. The molecule has 6 aromatic carbocycles. The van der Waals surface area contributed by atoms with Crippen molar-refractivity contribution in [2.24, 2.45) is 0 Å². The van der Waals surface area contributed by atoms with Crippen molar-refractivity contribution in [1.82, 2.24) is 4.98 Å². The van der Waals surface area contributed by atoms with Crippen molar-refractivity contribution in [2.75, 3.05) is 0 Å². The van der Waals surface area contributed by atoms with Crippen LogP contribution in [0.2, 0.25) is 0 Å². The van der Waals surface area contributed by atoms with Gasteiger partial charge in [0.15, 0.2) is 12.7 Å². The van der Waals surface area contributed by atoms with Crippen LogP contribution in [0.3, 0.4) is 0 Å². The molecule has 44 heavy (non-hydrogen) atoms. The molecule has 0 aliphatic carbocycles. The number of benzene rings is 6. The molecule has 0 saturated heterocycles. The van der Waals surface area contributed by atoms with Crippen LogP contribution >= 0.6 is 7.14 Å². The topological polar surface area (TPSA) is 56.2 Å². The molecule has 3 heterocycles. The zero-order valence-electron chi connectivity index (χ0n) is 23.5. The van der Waals surface area contributed by atoms with E-state index < -0.39 is 7.14 Å². The Bertz CT molecular complexity index is 2520. The number of rotatable bonds is 4. The Hall–Kier alpha value is -5.44. The second kappa shape index (κ2) is 9.54. The highest BCUT2D eigenvalue weighted by Gasteiger charge is 2.30. The summed E-state index contributed by atoms with van der Waals surface area (Å²) < 4.78 is 27.9. The Morgan fingerprint density at radius 2 is 0.977 bits per heavy atom. The molecule has 0 bridgehead atoms. The number of fused-ring (bicyclic) bond motifs is 9. The lowest BCUT2D eigenvalue weighted by molar-refractivity contribution is 0.592. The summed E-state index contributed by atoms with van der Waals surface area (Å²) in [6, 6.07) is 47.8. The molecular weight excluding hydrogens is 561 g/mol. The maximum atomic E-state index is 15.0. The summed E-state index contributed by atoms with van der Waals surface area (Å²) in [6.07, 6.45) is 0. The van der Waals surface area contributed by atoms with Crippen LogP contribution in [0.15, 0.2) is 154 Å². The van der Waals surface area contributed by atoms with E-state index in [0.29, 0.717) is 0 Å². The minimum Gasteiger partial charge on any atom is -0.455 e. The van der Waals surface area contributed by atoms with Gasteiger partial charge in [-0.25, -0.2) is 4.98 Å². The summed E-state index contributed by atoms with van der Waals surface area (Å²) in [6.45, 7) is 0. The third-order valence-electron chi connectivity index (χ3n) is 8.57. The molecule has 0 amide bonds. The standard InChI is InChI=1S/C39H24NO3P/c41-44(26-11-3-1-4-12-26,27-13-5-2-6-14-27)28-21-19-25(20-22-28)36-35-31-16-8-10-18-34(31)42-38(35)32-24-23-30-29-15-7-9-17-33(29)43-39(30)37(32)40-36/h1-24H. The van der Waals surface area contributed by atoms with Crippen LogP contribution in [-0.4, -0.2) is 4.98 Å². The summed E-state index contributed by atoms with van der Waals surface area (Å²) >= 11 is 0. The van der Waals surface area contributed by atoms with Crippen LogP contribution in [0.4, 0.5) is 0 Å². The number of para-hydroxylation sites is 2. The first-order valence-corrected chi connectivity index (χ1v) is 16.3. The molecule has 0 spiro atoms. The first-order valence-electron chi connectivity index (χ1n) is 14.6. The van der Waals surface area contributed by atoms with Crippen LogP contribution in [0.25, 0.3) is 66.0 Å². The summed E-state index contributed by atoms with van der Waals surface area (Å²) in [4.78, 5) is 5.30. The molecule has 0 aliphatic rings. The van der Waals surface area contributed by atoms with E-state index in [1.165, 1.54) is 0 Å². The lowest BCUT2D eigenvalue weighted by Gasteiger charge is -2.20. The predicted molar refractivity (Wildman–Crippen MR) is 181 cm³/mol. The Kier molecular flexibility index (Phi) is 5.44. The van der Waals surface area contributed by atoms with Gasteiger partial charge in [-0.3, -0.25) is 0 Å². The van der Waals surface area contributed by atoms with E-state index in [9.17, 15) is 4.57 Å². The van der Waals surface area contributed by atoms with E-state index in [4.69, 9.17) is 13.8 Å². The van der Waals surface area contributed by atoms with E-state index in [1.54, 1.807) is 0 Å². The fraction of sp³-hybridized carbons (Fsp3) is 0. The lowest BCUT2D eigenvalue weighted by atomic mass is 10.0. The highest BCUT2D eigenvalue weighted by atomic mass is 31.2. The van der Waals surface area contributed by atoms with Gasteiger partial charge in [0.05, 0.1) is 11.1 Å². The third-order valence-corrected chi connectivity index (χ3v) is 11.6. The average Bonchev–Trinajstić information content (AvgIpc) is 3.68. The van der Waals surface area contributed by atoms with Gasteiger partial charge >= 0.3 is 0 Å². The van der Waals surface area contributed by atoms with E-state index in [0.717, 1.165) is 82.0 Å². The Labute approximate surface area is 252 Å². The number of aromatic nitrogens is 1. The van der Waals surface area contributed by atoms with Crippen molar-refractivity contribution < 1.29 is 13.4 Å². The molecule has 0 fully saturated rings. The van der Waals surface area contributed by atoms with Crippen molar-refractivity contribution in [3.63, 3.8) is 0 Å². The van der Waals surface area contributed by atoms with E-state index in [2.05, 4.69) is 24.3 Å². The number of hydrogen-bond donors (Lipinski definition) is 0. The van der Waals surface area contributed by atoms with Gasteiger partial charge in [-0.05, 0) is 24.3 Å². The van der Waals surface area contributed by atoms with Crippen molar-refractivity contribution in [3.05, 3.63) is 146 Å². The Balaban J connectivity index is 1.31. The van der Waals surface area contributed by atoms with E-state index in [1.807, 2.05) is 121 Å². The van der Waals surface area contributed by atoms with Crippen LogP contribution < -0.4 is 15.9 Å². The molecule has 4 nitrogen and oxygen atoms in total. The van der Waals surface area contributed by atoms with Gasteiger partial charge in [-0.15, -0.1) is 0 Å². The number of nitrogens with zero attached hydrogens (tertiary/aromatic N) is 1. The average molecular weight is 586 g/mol. The third kappa shape index (κ3) is 3.58. The first-order chi connectivity index (χ1) is 21.7. The molecule has 0 radical (unpaired) electrons. The number of hydrogen-bond acceptors (Lipinski definition) is 4. The number of furan rings is 2. The van der Waals surface area contributed by atoms with Crippen LogP contribution in [0.5, 0.6) is 0 Å². The fourth-order valence-electron chi connectivity index (χ4n) is 6.47. The maximum Gasteiger partial charge on any atom is 0.171 e. The van der Waals surface area contributed by atoms with Gasteiger partial charge in [-0.2, -0.15) is 0 Å². The zero-order chi connectivity index (χ0) is 29.3. The fourth-order valence-corrected chi connectivity index (χ4v) is 9.12. The Morgan fingerprint density at radius 1 is 0.455 bits per heavy atom. The first kappa shape index (κ1) is 25.1. The largest absolute Gasteiger partial charge is 0.455 e. The monoisotopic (exact) mass is 585 g/mol. The molecule has 9 aromatic rings. The van der Waals surface area contributed by atoms with Gasteiger partial charge in [-0.1, -0.05) is 121 Å². The molecule has 5 heteroatoms. The molecule has 0 saturated carbocycles. The summed E-state index contributed by atoms with van der Waals surface area (Å²) in [5.74, 6) is 0. The molecule has 9 rings (SSSR count). The van der Waals surface area contributed by atoms with Gasteiger partial charge in [0.25, 0.3) is 0 Å². The summed E-state index contributed by atoms with van der Waals surface area (Å²) in [5, 5.41) is 7.30. The van der Waals surface area contributed by atoms with E-state index in [-0.39, 0.29) is 0 Å². The lowest BCUT2D eigenvalue weighted by Crippen LogP contribution is -2.24. The quantitative estimate of drug-likeness (QED) is 0.193. The van der Waals surface area contributed by atoms with Crippen molar-refractivity contribution in [2.45, 2.75) is 0 Å². The van der Waals surface area contributed by atoms with Crippen molar-refractivity contribution in [1.29, 1.82) is 0 Å². The minimum absolute atomic E-state index is 0.738. The van der Waals surface area contributed by atoms with Crippen molar-refractivity contribution >= 4 is 77.8 Å². The van der Waals surface area contributed by atoms with Crippen LogP contribution in [0.1, 0.15) is 0 Å². The highest BCUT2D eigenvalue weighted by Crippen LogP contribution is 2.45. The Morgan fingerprint density at radius 3 is 1.66 bits per heavy atom. The predicted octanol–water partition coefficient (Wildman–Crippen LogP) is 9.34. The summed E-state index contributed by atoms with van der Waals surface area (Å²) in [7, 11) is -3.11. The maximum absolute atomic E-state index is 15.0. The van der Waals surface area contributed by atoms with Gasteiger partial charge in [0, 0.05) is 43.0 Å². The SMILES string of the molecule is O=P(c1ccccc1)(c1ccccc1)c1ccc(-c2nc3c(ccc4c5ccccc5oc43)c3oc4ccccc4c23)cc1. The van der Waals surface area contributed by atoms with Gasteiger partial charge in [0.2, 0.25) is 0 Å². The molecule has 0 unspecified atom stereocenters. The van der Waals surface area contributed by atoms with Gasteiger partial charge in [0.1, 0.15) is 22.3 Å². The zero-order valence-corrected chi connectivity index (χ0v) is 24.4.